The molecule has 1 rings (SSSR count). The SMILES string of the molecule is CCc1nn(C)c(CN(C)CC(C)Cl)c1Br. The minimum absolute atomic E-state index is 0.169. The first-order valence-corrected chi connectivity index (χ1v) is 6.71. The molecule has 0 N–H and O–H groups in total. The minimum atomic E-state index is 0.169. The van der Waals surface area contributed by atoms with Gasteiger partial charge < -0.3 is 0 Å². The Hall–Kier alpha value is -0.0600. The fraction of sp³-hybridized carbons (Fsp3) is 0.727. The predicted molar refractivity (Wildman–Crippen MR) is 71.9 cm³/mol. The largest absolute Gasteiger partial charge is 0.299 e. The number of alkyl halides is 1. The van der Waals surface area contributed by atoms with Gasteiger partial charge in [0.1, 0.15) is 0 Å². The molecular weight excluding hydrogens is 289 g/mol. The maximum atomic E-state index is 5.98. The Kier molecular flexibility index (Phi) is 5.28. The van der Waals surface area contributed by atoms with Crippen molar-refractivity contribution in [1.82, 2.24) is 14.7 Å². The van der Waals surface area contributed by atoms with E-state index in [4.69, 9.17) is 11.6 Å². The molecule has 0 radical (unpaired) electrons. The van der Waals surface area contributed by atoms with Crippen LogP contribution in [0.3, 0.4) is 0 Å². The zero-order chi connectivity index (χ0) is 12.3. The molecule has 0 bridgehead atoms. The zero-order valence-corrected chi connectivity index (χ0v) is 12.6. The lowest BCUT2D eigenvalue weighted by atomic mass is 10.3. The van der Waals surface area contributed by atoms with Crippen LogP contribution in [0.2, 0.25) is 0 Å². The Labute approximate surface area is 111 Å². The second kappa shape index (κ2) is 6.03. The van der Waals surface area contributed by atoms with Crippen LogP contribution in [0.1, 0.15) is 25.2 Å². The average molecular weight is 309 g/mol. The number of rotatable bonds is 5. The van der Waals surface area contributed by atoms with E-state index in [0.717, 1.165) is 29.7 Å². The van der Waals surface area contributed by atoms with Gasteiger partial charge in [0.05, 0.1) is 15.9 Å². The predicted octanol–water partition coefficient (Wildman–Crippen LogP) is 2.80. The Morgan fingerprint density at radius 3 is 2.62 bits per heavy atom. The third-order valence-corrected chi connectivity index (χ3v) is 3.54. The number of nitrogens with zero attached hydrogens (tertiary/aromatic N) is 3. The maximum Gasteiger partial charge on any atom is 0.0767 e. The van der Waals surface area contributed by atoms with Crippen molar-refractivity contribution < 1.29 is 0 Å². The van der Waals surface area contributed by atoms with E-state index in [2.05, 4.69) is 39.9 Å². The van der Waals surface area contributed by atoms with Crippen molar-refractivity contribution >= 4 is 27.5 Å². The molecule has 0 saturated carbocycles. The molecule has 0 aliphatic heterocycles. The summed E-state index contributed by atoms with van der Waals surface area (Å²) in [5.41, 5.74) is 2.32. The van der Waals surface area contributed by atoms with Crippen LogP contribution in [0.4, 0.5) is 0 Å². The highest BCUT2D eigenvalue weighted by Crippen LogP contribution is 2.22. The van der Waals surface area contributed by atoms with Gasteiger partial charge >= 0.3 is 0 Å². The van der Waals surface area contributed by atoms with Crippen LogP contribution >= 0.6 is 27.5 Å². The van der Waals surface area contributed by atoms with Crippen molar-refractivity contribution in [2.24, 2.45) is 7.05 Å². The van der Waals surface area contributed by atoms with Crippen molar-refractivity contribution in [1.29, 1.82) is 0 Å². The van der Waals surface area contributed by atoms with Gasteiger partial charge in [0.15, 0.2) is 0 Å². The molecule has 5 heteroatoms. The van der Waals surface area contributed by atoms with E-state index in [9.17, 15) is 0 Å². The molecule has 92 valence electrons. The average Bonchev–Trinajstić information content (AvgIpc) is 2.44. The molecule has 0 spiro atoms. The van der Waals surface area contributed by atoms with E-state index in [0.29, 0.717) is 0 Å². The first-order valence-electron chi connectivity index (χ1n) is 5.48. The van der Waals surface area contributed by atoms with Gasteiger partial charge in [-0.1, -0.05) is 6.92 Å². The summed E-state index contributed by atoms with van der Waals surface area (Å²) in [7, 11) is 4.06. The monoisotopic (exact) mass is 307 g/mol. The summed E-state index contributed by atoms with van der Waals surface area (Å²) in [6.45, 7) is 5.86. The summed E-state index contributed by atoms with van der Waals surface area (Å²) >= 11 is 9.59. The number of halogens is 2. The van der Waals surface area contributed by atoms with Crippen molar-refractivity contribution in [3.8, 4) is 0 Å². The lowest BCUT2D eigenvalue weighted by Gasteiger charge is -2.18. The molecule has 0 aliphatic rings. The van der Waals surface area contributed by atoms with E-state index in [1.165, 1.54) is 5.69 Å². The highest BCUT2D eigenvalue weighted by molar-refractivity contribution is 9.10. The van der Waals surface area contributed by atoms with Crippen LogP contribution in [0, 0.1) is 0 Å². The second-order valence-electron chi connectivity index (χ2n) is 4.16. The molecule has 1 heterocycles. The molecule has 3 nitrogen and oxygen atoms in total. The molecule has 1 aromatic rings. The fourth-order valence-electron chi connectivity index (χ4n) is 1.74. The van der Waals surface area contributed by atoms with Gasteiger partial charge in [0.25, 0.3) is 0 Å². The Bertz CT molecular complexity index is 349. The fourth-order valence-corrected chi connectivity index (χ4v) is 2.72. The van der Waals surface area contributed by atoms with E-state index in [1.807, 2.05) is 18.7 Å². The van der Waals surface area contributed by atoms with Crippen LogP contribution in [0.5, 0.6) is 0 Å². The molecule has 16 heavy (non-hydrogen) atoms. The Balaban J connectivity index is 2.76. The molecule has 0 aliphatic carbocycles. The Morgan fingerprint density at radius 1 is 1.56 bits per heavy atom. The van der Waals surface area contributed by atoms with E-state index < -0.39 is 0 Å². The van der Waals surface area contributed by atoms with Crippen molar-refractivity contribution in [2.45, 2.75) is 32.2 Å². The van der Waals surface area contributed by atoms with Crippen LogP contribution < -0.4 is 0 Å². The first kappa shape index (κ1) is 14.0. The summed E-state index contributed by atoms with van der Waals surface area (Å²) in [6.07, 6.45) is 0.948. The smallest absolute Gasteiger partial charge is 0.0767 e. The van der Waals surface area contributed by atoms with Gasteiger partial charge in [-0.3, -0.25) is 9.58 Å². The molecular formula is C11H19BrClN3. The van der Waals surface area contributed by atoms with Crippen LogP contribution in [-0.4, -0.2) is 33.6 Å². The number of hydrogen-bond donors (Lipinski definition) is 0. The minimum Gasteiger partial charge on any atom is -0.299 e. The molecule has 1 unspecified atom stereocenters. The number of hydrogen-bond acceptors (Lipinski definition) is 2. The third-order valence-electron chi connectivity index (χ3n) is 2.49. The van der Waals surface area contributed by atoms with Gasteiger partial charge in [0.2, 0.25) is 0 Å². The van der Waals surface area contributed by atoms with Crippen molar-refractivity contribution in [3.63, 3.8) is 0 Å². The van der Waals surface area contributed by atoms with Gasteiger partial charge in [-0.25, -0.2) is 0 Å². The lowest BCUT2D eigenvalue weighted by Crippen LogP contribution is -2.25. The molecule has 0 amide bonds. The van der Waals surface area contributed by atoms with Crippen LogP contribution in [0.15, 0.2) is 4.47 Å². The summed E-state index contributed by atoms with van der Waals surface area (Å²) in [5.74, 6) is 0. The molecule has 0 saturated heterocycles. The zero-order valence-electron chi connectivity index (χ0n) is 10.3. The third kappa shape index (κ3) is 3.47. The van der Waals surface area contributed by atoms with Gasteiger partial charge in [-0.05, 0) is 36.3 Å². The summed E-state index contributed by atoms with van der Waals surface area (Å²) in [4.78, 5) is 2.21. The van der Waals surface area contributed by atoms with E-state index in [-0.39, 0.29) is 5.38 Å². The molecule has 0 aromatic carbocycles. The van der Waals surface area contributed by atoms with Crippen LogP contribution in [0.25, 0.3) is 0 Å². The summed E-state index contributed by atoms with van der Waals surface area (Å²) in [5, 5.41) is 4.64. The summed E-state index contributed by atoms with van der Waals surface area (Å²) < 4.78 is 3.07. The second-order valence-corrected chi connectivity index (χ2v) is 5.70. The topological polar surface area (TPSA) is 21.1 Å². The van der Waals surface area contributed by atoms with E-state index >= 15 is 0 Å². The van der Waals surface area contributed by atoms with Gasteiger partial charge in [0, 0.05) is 25.5 Å². The summed E-state index contributed by atoms with van der Waals surface area (Å²) in [6, 6.07) is 0. The van der Waals surface area contributed by atoms with Gasteiger partial charge in [-0.15, -0.1) is 11.6 Å². The number of aryl methyl sites for hydroxylation is 2. The standard InChI is InChI=1S/C11H19BrClN3/c1-5-9-11(12)10(16(4)14-9)7-15(3)6-8(2)13/h8H,5-7H2,1-4H3. The lowest BCUT2D eigenvalue weighted by molar-refractivity contribution is 0.319. The maximum absolute atomic E-state index is 5.98. The Morgan fingerprint density at radius 2 is 2.19 bits per heavy atom. The normalized spacial score (nSPS) is 13.4. The van der Waals surface area contributed by atoms with Crippen molar-refractivity contribution in [3.05, 3.63) is 15.9 Å². The quantitative estimate of drug-likeness (QED) is 0.780. The first-order chi connectivity index (χ1) is 7.45. The molecule has 1 aromatic heterocycles. The van der Waals surface area contributed by atoms with Gasteiger partial charge in [-0.2, -0.15) is 5.10 Å². The van der Waals surface area contributed by atoms with E-state index in [1.54, 1.807) is 0 Å². The highest BCUT2D eigenvalue weighted by atomic mass is 79.9. The van der Waals surface area contributed by atoms with Crippen LogP contribution in [-0.2, 0) is 20.0 Å². The number of aromatic nitrogens is 2. The highest BCUT2D eigenvalue weighted by Gasteiger charge is 2.14. The van der Waals surface area contributed by atoms with Crippen molar-refractivity contribution in [2.75, 3.05) is 13.6 Å². The molecule has 1 atom stereocenters. The molecule has 0 fully saturated rings.